The van der Waals surface area contributed by atoms with Gasteiger partial charge in [0.2, 0.25) is 11.9 Å². The lowest BCUT2D eigenvalue weighted by Crippen LogP contribution is -2.45. The van der Waals surface area contributed by atoms with E-state index in [9.17, 15) is 14.0 Å². The van der Waals surface area contributed by atoms with Gasteiger partial charge in [0.05, 0.1) is 6.20 Å². The third-order valence-corrected chi connectivity index (χ3v) is 7.17. The number of likely N-dealkylation sites (tertiary alicyclic amines) is 1. The highest BCUT2D eigenvalue weighted by Crippen LogP contribution is 2.28. The van der Waals surface area contributed by atoms with Gasteiger partial charge in [-0.05, 0) is 43.7 Å². The number of rotatable bonds is 7. The summed E-state index contributed by atoms with van der Waals surface area (Å²) >= 11 is 0. The van der Waals surface area contributed by atoms with Crippen LogP contribution in [0, 0.1) is 11.7 Å². The van der Waals surface area contributed by atoms with Crippen molar-refractivity contribution in [1.82, 2.24) is 20.2 Å². The van der Waals surface area contributed by atoms with Crippen molar-refractivity contribution >= 4 is 23.3 Å². The van der Waals surface area contributed by atoms with Crippen LogP contribution in [-0.2, 0) is 9.59 Å². The second-order valence-corrected chi connectivity index (χ2v) is 9.65. The van der Waals surface area contributed by atoms with E-state index in [2.05, 4.69) is 20.6 Å². The Balaban J connectivity index is 1.44. The Morgan fingerprint density at radius 2 is 1.89 bits per heavy atom. The first-order chi connectivity index (χ1) is 17.5. The number of carbonyl (C=O) groups excluding carboxylic acids is 2. The van der Waals surface area contributed by atoms with Crippen molar-refractivity contribution < 1.29 is 14.0 Å². The molecule has 0 atom stereocenters. The van der Waals surface area contributed by atoms with E-state index in [1.54, 1.807) is 25.2 Å². The van der Waals surface area contributed by atoms with E-state index in [4.69, 9.17) is 0 Å². The van der Waals surface area contributed by atoms with Gasteiger partial charge in [0.25, 0.3) is 5.91 Å². The first-order valence-electron chi connectivity index (χ1n) is 13.1. The van der Waals surface area contributed by atoms with Gasteiger partial charge >= 0.3 is 0 Å². The van der Waals surface area contributed by atoms with Gasteiger partial charge in [0.1, 0.15) is 5.69 Å². The molecule has 8 heteroatoms. The number of carbonyl (C=O) groups is 2. The third-order valence-electron chi connectivity index (χ3n) is 7.17. The van der Waals surface area contributed by atoms with Crippen LogP contribution in [0.3, 0.4) is 0 Å². The molecule has 7 nitrogen and oxygen atoms in total. The summed E-state index contributed by atoms with van der Waals surface area (Å²) in [4.78, 5) is 35.8. The van der Waals surface area contributed by atoms with E-state index in [0.717, 1.165) is 51.6 Å². The van der Waals surface area contributed by atoms with Crippen LogP contribution in [0.1, 0.15) is 63.9 Å². The molecule has 0 spiro atoms. The largest absolute Gasteiger partial charge is 0.355 e. The topological polar surface area (TPSA) is 87.2 Å². The summed E-state index contributed by atoms with van der Waals surface area (Å²) in [6.45, 7) is 3.40. The zero-order valence-electron chi connectivity index (χ0n) is 21.2. The number of nitrogens with zero attached hydrogens (tertiary/aromatic N) is 3. The Morgan fingerprint density at radius 3 is 2.58 bits per heavy atom. The number of piperidine rings is 1. The standard InChI is InChI=1S/C28H36FN5O2/c1-3-8-23(26(35)30-2)20-11-7-12-21(17-20)25-24(29)18-31-28(33-25)32-22-13-15-34(16-14-22)27(36)19-9-5-4-6-10-19/h7-8,11-12,17-19,22H,3-6,9-10,13-16H2,1-2H3,(H,30,35)(H,31,32,33)/b23-8-. The van der Waals surface area contributed by atoms with Crippen LogP contribution in [0.25, 0.3) is 16.8 Å². The molecule has 192 valence electrons. The van der Waals surface area contributed by atoms with Crippen LogP contribution in [0.5, 0.6) is 0 Å². The molecule has 4 rings (SSSR count). The predicted molar refractivity (Wildman–Crippen MR) is 140 cm³/mol. The number of likely N-dealkylation sites (N-methyl/N-ethyl adjacent to an activating group) is 1. The average Bonchev–Trinajstić information content (AvgIpc) is 2.93. The van der Waals surface area contributed by atoms with Crippen LogP contribution in [0.2, 0.25) is 0 Å². The Morgan fingerprint density at radius 1 is 1.14 bits per heavy atom. The van der Waals surface area contributed by atoms with Crippen LogP contribution in [-0.4, -0.2) is 52.9 Å². The van der Waals surface area contributed by atoms with Crippen LogP contribution >= 0.6 is 0 Å². The number of nitrogens with one attached hydrogen (secondary N) is 2. The summed E-state index contributed by atoms with van der Waals surface area (Å²) in [6, 6.07) is 7.31. The molecule has 1 saturated heterocycles. The lowest BCUT2D eigenvalue weighted by atomic mass is 9.87. The highest BCUT2D eigenvalue weighted by Gasteiger charge is 2.29. The Hall–Kier alpha value is -3.29. The number of benzene rings is 1. The lowest BCUT2D eigenvalue weighted by molar-refractivity contribution is -0.137. The van der Waals surface area contributed by atoms with Gasteiger partial charge < -0.3 is 15.5 Å². The molecule has 2 fully saturated rings. The van der Waals surface area contributed by atoms with Gasteiger partial charge in [0, 0.05) is 43.2 Å². The van der Waals surface area contributed by atoms with E-state index in [1.165, 1.54) is 12.6 Å². The summed E-state index contributed by atoms with van der Waals surface area (Å²) in [5, 5.41) is 6.00. The molecule has 2 N–H and O–H groups in total. The molecule has 1 aliphatic heterocycles. The van der Waals surface area contributed by atoms with E-state index >= 15 is 0 Å². The van der Waals surface area contributed by atoms with Crippen molar-refractivity contribution in [3.05, 3.63) is 47.9 Å². The van der Waals surface area contributed by atoms with Gasteiger partial charge in [-0.2, -0.15) is 0 Å². The summed E-state index contributed by atoms with van der Waals surface area (Å²) < 4.78 is 14.8. The molecule has 0 radical (unpaired) electrons. The average molecular weight is 494 g/mol. The van der Waals surface area contributed by atoms with Crippen molar-refractivity contribution in [1.29, 1.82) is 0 Å². The molecular weight excluding hydrogens is 457 g/mol. The van der Waals surface area contributed by atoms with E-state index in [1.807, 2.05) is 24.0 Å². The second kappa shape index (κ2) is 12.1. The number of allylic oxidation sites excluding steroid dienone is 1. The van der Waals surface area contributed by atoms with E-state index in [0.29, 0.717) is 35.0 Å². The quantitative estimate of drug-likeness (QED) is 0.541. The smallest absolute Gasteiger partial charge is 0.251 e. The molecule has 1 saturated carbocycles. The molecule has 36 heavy (non-hydrogen) atoms. The van der Waals surface area contributed by atoms with Crippen LogP contribution in [0.4, 0.5) is 10.3 Å². The number of amides is 2. The Kier molecular flexibility index (Phi) is 8.67. The molecule has 0 bridgehead atoms. The minimum absolute atomic E-state index is 0.123. The zero-order valence-corrected chi connectivity index (χ0v) is 21.2. The Bertz CT molecular complexity index is 1100. The number of anilines is 1. The highest BCUT2D eigenvalue weighted by molar-refractivity contribution is 6.19. The fourth-order valence-corrected chi connectivity index (χ4v) is 5.19. The van der Waals surface area contributed by atoms with Crippen LogP contribution in [0.15, 0.2) is 36.5 Å². The predicted octanol–water partition coefficient (Wildman–Crippen LogP) is 4.81. The van der Waals surface area contributed by atoms with Crippen molar-refractivity contribution in [2.45, 2.75) is 64.3 Å². The van der Waals surface area contributed by atoms with Crippen molar-refractivity contribution in [2.75, 3.05) is 25.5 Å². The second-order valence-electron chi connectivity index (χ2n) is 9.65. The lowest BCUT2D eigenvalue weighted by Gasteiger charge is -2.35. The van der Waals surface area contributed by atoms with E-state index in [-0.39, 0.29) is 23.6 Å². The molecule has 1 aromatic heterocycles. The molecule has 0 unspecified atom stereocenters. The molecule has 2 amide bonds. The first kappa shape index (κ1) is 25.8. The van der Waals surface area contributed by atoms with Crippen molar-refractivity contribution in [3.8, 4) is 11.3 Å². The minimum Gasteiger partial charge on any atom is -0.355 e. The molecular formula is C28H36FN5O2. The van der Waals surface area contributed by atoms with E-state index < -0.39 is 5.82 Å². The third kappa shape index (κ3) is 6.09. The molecule has 1 aliphatic carbocycles. The van der Waals surface area contributed by atoms with Gasteiger partial charge in [0.15, 0.2) is 5.82 Å². The number of aromatic nitrogens is 2. The van der Waals surface area contributed by atoms with Gasteiger partial charge in [-0.3, -0.25) is 9.59 Å². The number of hydrogen-bond acceptors (Lipinski definition) is 5. The van der Waals surface area contributed by atoms with Gasteiger partial charge in [-0.15, -0.1) is 0 Å². The SMILES string of the molecule is CC/C=C(\C(=O)NC)c1cccc(-c2nc(NC3CCN(C(=O)C4CCCCC4)CC3)ncc2F)c1. The summed E-state index contributed by atoms with van der Waals surface area (Å²) in [5.74, 6) is 0.156. The Labute approximate surface area is 212 Å². The highest BCUT2D eigenvalue weighted by atomic mass is 19.1. The summed E-state index contributed by atoms with van der Waals surface area (Å²) in [6.07, 6.45) is 10.9. The summed E-state index contributed by atoms with van der Waals surface area (Å²) in [5.41, 5.74) is 2.02. The van der Waals surface area contributed by atoms with Crippen molar-refractivity contribution in [3.63, 3.8) is 0 Å². The van der Waals surface area contributed by atoms with Gasteiger partial charge in [-0.25, -0.2) is 14.4 Å². The maximum Gasteiger partial charge on any atom is 0.251 e. The zero-order chi connectivity index (χ0) is 25.5. The van der Waals surface area contributed by atoms with Crippen LogP contribution < -0.4 is 10.6 Å². The number of hydrogen-bond donors (Lipinski definition) is 2. The normalized spacial score (nSPS) is 17.6. The molecule has 2 aliphatic rings. The monoisotopic (exact) mass is 493 g/mol. The first-order valence-corrected chi connectivity index (χ1v) is 13.1. The fraction of sp³-hybridized carbons (Fsp3) is 0.500. The minimum atomic E-state index is -0.522. The number of halogens is 1. The molecule has 2 aromatic rings. The maximum absolute atomic E-state index is 14.8. The van der Waals surface area contributed by atoms with Crippen molar-refractivity contribution in [2.24, 2.45) is 5.92 Å². The summed E-state index contributed by atoms with van der Waals surface area (Å²) in [7, 11) is 1.59. The van der Waals surface area contributed by atoms with Gasteiger partial charge in [-0.1, -0.05) is 50.5 Å². The molecule has 2 heterocycles. The molecule has 1 aromatic carbocycles. The fourth-order valence-electron chi connectivity index (χ4n) is 5.19. The maximum atomic E-state index is 14.8.